The van der Waals surface area contributed by atoms with E-state index in [2.05, 4.69) is 29.6 Å². The Labute approximate surface area is 150 Å². The number of hydrogen-bond donors (Lipinski definition) is 1. The first kappa shape index (κ1) is 18.4. The summed E-state index contributed by atoms with van der Waals surface area (Å²) < 4.78 is 25.3. The van der Waals surface area contributed by atoms with Gasteiger partial charge < -0.3 is 5.32 Å². The predicted molar refractivity (Wildman–Crippen MR) is 98.8 cm³/mol. The molecule has 1 aromatic rings. The molecule has 0 bridgehead atoms. The van der Waals surface area contributed by atoms with E-state index >= 15 is 0 Å². The van der Waals surface area contributed by atoms with Gasteiger partial charge in [0.25, 0.3) is 0 Å². The SMILES string of the molecule is CS(=O)(=O)N1CCCC[C@@H]1CCNC(=O)CC1Cc2ccccc2C1. The number of nitrogens with one attached hydrogen (secondary N) is 1. The number of rotatable bonds is 6. The molecule has 0 aromatic heterocycles. The van der Waals surface area contributed by atoms with E-state index in [4.69, 9.17) is 0 Å². The molecule has 5 nitrogen and oxygen atoms in total. The van der Waals surface area contributed by atoms with Crippen LogP contribution in [0.1, 0.15) is 43.2 Å². The van der Waals surface area contributed by atoms with Crippen molar-refractivity contribution in [3.63, 3.8) is 0 Å². The topological polar surface area (TPSA) is 66.5 Å². The second-order valence-corrected chi connectivity index (χ2v) is 9.34. The average molecular weight is 365 g/mol. The summed E-state index contributed by atoms with van der Waals surface area (Å²) in [6.45, 7) is 1.16. The minimum absolute atomic E-state index is 0.0276. The van der Waals surface area contributed by atoms with Crippen molar-refractivity contribution in [3.8, 4) is 0 Å². The second-order valence-electron chi connectivity index (χ2n) is 7.41. The highest BCUT2D eigenvalue weighted by Crippen LogP contribution is 2.28. The van der Waals surface area contributed by atoms with Gasteiger partial charge in [0.15, 0.2) is 0 Å². The summed E-state index contributed by atoms with van der Waals surface area (Å²) >= 11 is 0. The van der Waals surface area contributed by atoms with Gasteiger partial charge in [-0.05, 0) is 49.1 Å². The largest absolute Gasteiger partial charge is 0.356 e. The number of carbonyl (C=O) groups is 1. The molecule has 0 radical (unpaired) electrons. The van der Waals surface area contributed by atoms with Gasteiger partial charge in [-0.3, -0.25) is 4.79 Å². The molecule has 1 N–H and O–H groups in total. The fourth-order valence-electron chi connectivity index (χ4n) is 4.21. The second kappa shape index (κ2) is 7.87. The van der Waals surface area contributed by atoms with E-state index in [0.29, 0.717) is 31.8 Å². The molecular formula is C19H28N2O3S. The van der Waals surface area contributed by atoms with Crippen molar-refractivity contribution in [3.05, 3.63) is 35.4 Å². The highest BCUT2D eigenvalue weighted by Gasteiger charge is 2.29. The van der Waals surface area contributed by atoms with Gasteiger partial charge in [0.05, 0.1) is 6.26 Å². The van der Waals surface area contributed by atoms with E-state index < -0.39 is 10.0 Å². The molecule has 138 valence electrons. The molecule has 0 spiro atoms. The zero-order chi connectivity index (χ0) is 17.9. The van der Waals surface area contributed by atoms with E-state index in [-0.39, 0.29) is 11.9 Å². The number of carbonyl (C=O) groups excluding carboxylic acids is 1. The van der Waals surface area contributed by atoms with Crippen molar-refractivity contribution in [1.82, 2.24) is 9.62 Å². The minimum Gasteiger partial charge on any atom is -0.356 e. The summed E-state index contributed by atoms with van der Waals surface area (Å²) in [6, 6.07) is 8.43. The summed E-state index contributed by atoms with van der Waals surface area (Å²) in [5.41, 5.74) is 2.73. The quantitative estimate of drug-likeness (QED) is 0.841. The van der Waals surface area contributed by atoms with Crippen LogP contribution in [0.3, 0.4) is 0 Å². The summed E-state index contributed by atoms with van der Waals surface area (Å²) in [7, 11) is -3.15. The predicted octanol–water partition coefficient (Wildman–Crippen LogP) is 2.11. The van der Waals surface area contributed by atoms with Crippen LogP contribution in [0.25, 0.3) is 0 Å². The first-order valence-electron chi connectivity index (χ1n) is 9.24. The van der Waals surface area contributed by atoms with Crippen molar-refractivity contribution in [2.75, 3.05) is 19.3 Å². The lowest BCUT2D eigenvalue weighted by atomic mass is 10.0. The standard InChI is InChI=1S/C19H28N2O3S/c1-25(23,24)21-11-5-4-8-18(21)9-10-20-19(22)14-15-12-16-6-2-3-7-17(16)13-15/h2-3,6-7,15,18H,4-5,8-14H2,1H3,(H,20,22)/t18-/m1/s1. The number of sulfonamides is 1. The van der Waals surface area contributed by atoms with Crippen LogP contribution in [0.4, 0.5) is 0 Å². The van der Waals surface area contributed by atoms with E-state index in [1.807, 2.05) is 0 Å². The number of fused-ring (bicyclic) bond motifs is 1. The van der Waals surface area contributed by atoms with Crippen LogP contribution in [0.2, 0.25) is 0 Å². The molecule has 1 fully saturated rings. The van der Waals surface area contributed by atoms with E-state index in [1.165, 1.54) is 17.4 Å². The number of nitrogens with zero attached hydrogens (tertiary/aromatic N) is 1. The Hall–Kier alpha value is -1.40. The smallest absolute Gasteiger partial charge is 0.220 e. The molecule has 1 heterocycles. The van der Waals surface area contributed by atoms with Gasteiger partial charge in [-0.1, -0.05) is 30.7 Å². The van der Waals surface area contributed by atoms with Crippen LogP contribution in [0, 0.1) is 5.92 Å². The third kappa shape index (κ3) is 4.82. The number of piperidine rings is 1. The minimum atomic E-state index is -3.15. The van der Waals surface area contributed by atoms with Crippen LogP contribution in [0.15, 0.2) is 24.3 Å². The summed E-state index contributed by atoms with van der Waals surface area (Å²) in [5, 5.41) is 3.00. The molecule has 1 atom stereocenters. The van der Waals surface area contributed by atoms with Gasteiger partial charge in [0, 0.05) is 25.6 Å². The monoisotopic (exact) mass is 364 g/mol. The number of amides is 1. The Morgan fingerprint density at radius 3 is 2.52 bits per heavy atom. The molecule has 0 saturated carbocycles. The van der Waals surface area contributed by atoms with Crippen molar-refractivity contribution in [2.24, 2.45) is 5.92 Å². The molecule has 1 aromatic carbocycles. The molecule has 2 aliphatic rings. The molecule has 1 aliphatic heterocycles. The third-order valence-corrected chi connectivity index (χ3v) is 6.74. The highest BCUT2D eigenvalue weighted by atomic mass is 32.2. The maximum Gasteiger partial charge on any atom is 0.220 e. The fraction of sp³-hybridized carbons (Fsp3) is 0.632. The zero-order valence-corrected chi connectivity index (χ0v) is 15.7. The molecule has 1 aliphatic carbocycles. The lowest BCUT2D eigenvalue weighted by molar-refractivity contribution is -0.122. The Kier molecular flexibility index (Phi) is 5.79. The van der Waals surface area contributed by atoms with E-state index in [0.717, 1.165) is 32.1 Å². The molecular weight excluding hydrogens is 336 g/mol. The molecule has 25 heavy (non-hydrogen) atoms. The van der Waals surface area contributed by atoms with E-state index in [9.17, 15) is 13.2 Å². The average Bonchev–Trinajstić information content (AvgIpc) is 2.96. The third-order valence-electron chi connectivity index (χ3n) is 5.41. The Morgan fingerprint density at radius 2 is 1.88 bits per heavy atom. The Bertz CT molecular complexity index is 692. The van der Waals surface area contributed by atoms with Crippen LogP contribution >= 0.6 is 0 Å². The fourth-order valence-corrected chi connectivity index (χ4v) is 5.42. The Morgan fingerprint density at radius 1 is 1.20 bits per heavy atom. The summed E-state index contributed by atoms with van der Waals surface area (Å²) in [5.74, 6) is 0.471. The number of hydrogen-bond acceptors (Lipinski definition) is 3. The van der Waals surface area contributed by atoms with Crippen molar-refractivity contribution in [1.29, 1.82) is 0 Å². The van der Waals surface area contributed by atoms with Gasteiger partial charge in [0.1, 0.15) is 0 Å². The maximum absolute atomic E-state index is 12.2. The first-order valence-corrected chi connectivity index (χ1v) is 11.1. The maximum atomic E-state index is 12.2. The van der Waals surface area contributed by atoms with Crippen LogP contribution in [0.5, 0.6) is 0 Å². The lowest BCUT2D eigenvalue weighted by Crippen LogP contribution is -2.44. The van der Waals surface area contributed by atoms with Crippen LogP contribution < -0.4 is 5.32 Å². The summed E-state index contributed by atoms with van der Waals surface area (Å²) in [4.78, 5) is 12.2. The zero-order valence-electron chi connectivity index (χ0n) is 14.9. The van der Waals surface area contributed by atoms with Gasteiger partial charge in [-0.15, -0.1) is 0 Å². The van der Waals surface area contributed by atoms with Gasteiger partial charge >= 0.3 is 0 Å². The lowest BCUT2D eigenvalue weighted by Gasteiger charge is -2.33. The molecule has 3 rings (SSSR count). The van der Waals surface area contributed by atoms with Crippen LogP contribution in [-0.2, 0) is 27.7 Å². The number of benzene rings is 1. The first-order chi connectivity index (χ1) is 11.9. The van der Waals surface area contributed by atoms with Gasteiger partial charge in [-0.2, -0.15) is 4.31 Å². The molecule has 1 saturated heterocycles. The molecule has 1 amide bonds. The van der Waals surface area contributed by atoms with E-state index in [1.54, 1.807) is 4.31 Å². The Balaban J connectivity index is 1.42. The highest BCUT2D eigenvalue weighted by molar-refractivity contribution is 7.88. The molecule has 6 heteroatoms. The summed E-state index contributed by atoms with van der Waals surface area (Å²) in [6.07, 6.45) is 7.37. The van der Waals surface area contributed by atoms with Crippen molar-refractivity contribution >= 4 is 15.9 Å². The van der Waals surface area contributed by atoms with Gasteiger partial charge in [-0.25, -0.2) is 8.42 Å². The van der Waals surface area contributed by atoms with Crippen molar-refractivity contribution < 1.29 is 13.2 Å². The molecule has 0 unspecified atom stereocenters. The normalized spacial score (nSPS) is 21.9. The van der Waals surface area contributed by atoms with Crippen LogP contribution in [-0.4, -0.2) is 44.0 Å². The van der Waals surface area contributed by atoms with Gasteiger partial charge in [0.2, 0.25) is 15.9 Å². The van der Waals surface area contributed by atoms with Crippen molar-refractivity contribution in [2.45, 2.75) is 51.0 Å².